The van der Waals surface area contributed by atoms with E-state index in [4.69, 9.17) is 0 Å². The average Bonchev–Trinajstić information content (AvgIpc) is 2.55. The Bertz CT molecular complexity index is 641. The van der Waals surface area contributed by atoms with Gasteiger partial charge in [-0.05, 0) is 30.2 Å². The van der Waals surface area contributed by atoms with Crippen molar-refractivity contribution in [2.24, 2.45) is 0 Å². The number of rotatable bonds is 7. The van der Waals surface area contributed by atoms with Gasteiger partial charge in [0.2, 0.25) is 0 Å². The molecule has 0 radical (unpaired) electrons. The van der Waals surface area contributed by atoms with Crippen molar-refractivity contribution in [3.05, 3.63) is 72.3 Å². The number of hydrogen-bond acceptors (Lipinski definition) is 3. The molecular weight excluding hydrogens is 281 g/mol. The zero-order valence-electron chi connectivity index (χ0n) is 12.2. The lowest BCUT2D eigenvalue weighted by atomic mass is 10.1. The predicted molar refractivity (Wildman–Crippen MR) is 85.4 cm³/mol. The number of carbonyl (C=O) groups excluding carboxylic acids is 1. The Labute approximate surface area is 129 Å². The molecule has 2 rings (SSSR count). The quantitative estimate of drug-likeness (QED) is 0.773. The van der Waals surface area contributed by atoms with Gasteiger partial charge >= 0.3 is 0 Å². The second-order valence-electron chi connectivity index (χ2n) is 4.76. The number of halogens is 1. The van der Waals surface area contributed by atoms with Crippen LogP contribution in [-0.4, -0.2) is 24.0 Å². The Morgan fingerprint density at radius 2 is 2.05 bits per heavy atom. The summed E-state index contributed by atoms with van der Waals surface area (Å²) in [6, 6.07) is 7.99. The van der Waals surface area contributed by atoms with E-state index >= 15 is 0 Å². The summed E-state index contributed by atoms with van der Waals surface area (Å²) in [4.78, 5) is 16.1. The van der Waals surface area contributed by atoms with Crippen molar-refractivity contribution in [2.45, 2.75) is 6.42 Å². The highest BCUT2D eigenvalue weighted by atomic mass is 19.1. The first-order valence-electron chi connectivity index (χ1n) is 7.01. The summed E-state index contributed by atoms with van der Waals surface area (Å²) < 4.78 is 12.8. The molecule has 1 heterocycles. The van der Waals surface area contributed by atoms with Crippen LogP contribution in [0, 0.1) is 5.82 Å². The van der Waals surface area contributed by atoms with E-state index in [-0.39, 0.29) is 11.7 Å². The van der Waals surface area contributed by atoms with E-state index in [0.717, 1.165) is 11.3 Å². The van der Waals surface area contributed by atoms with Crippen molar-refractivity contribution in [1.29, 1.82) is 0 Å². The van der Waals surface area contributed by atoms with Crippen LogP contribution >= 0.6 is 0 Å². The average molecular weight is 299 g/mol. The molecule has 1 aromatic heterocycles. The highest BCUT2D eigenvalue weighted by Gasteiger charge is 2.06. The number of amides is 1. The topological polar surface area (TPSA) is 54.0 Å². The molecule has 1 amide bonds. The molecule has 0 unspecified atom stereocenters. The van der Waals surface area contributed by atoms with Crippen LogP contribution in [0.1, 0.15) is 15.9 Å². The fraction of sp³-hybridized carbons (Fsp3) is 0.176. The first-order valence-corrected chi connectivity index (χ1v) is 7.01. The number of anilines is 1. The molecule has 0 saturated carbocycles. The fourth-order valence-electron chi connectivity index (χ4n) is 1.92. The van der Waals surface area contributed by atoms with Gasteiger partial charge in [0.1, 0.15) is 5.82 Å². The van der Waals surface area contributed by atoms with Crippen LogP contribution in [0.2, 0.25) is 0 Å². The maximum absolute atomic E-state index is 12.8. The third kappa shape index (κ3) is 4.70. The molecule has 2 N–H and O–H groups in total. The van der Waals surface area contributed by atoms with Gasteiger partial charge in [-0.2, -0.15) is 0 Å². The number of nitrogens with zero attached hydrogens (tertiary/aromatic N) is 1. The highest BCUT2D eigenvalue weighted by molar-refractivity contribution is 5.94. The molecule has 0 aliphatic heterocycles. The van der Waals surface area contributed by atoms with Crippen LogP contribution in [0.25, 0.3) is 0 Å². The van der Waals surface area contributed by atoms with E-state index in [9.17, 15) is 9.18 Å². The van der Waals surface area contributed by atoms with E-state index in [1.54, 1.807) is 30.5 Å². The van der Waals surface area contributed by atoms with E-state index in [1.165, 1.54) is 18.3 Å². The largest absolute Gasteiger partial charge is 0.380 e. The van der Waals surface area contributed by atoms with Crippen LogP contribution < -0.4 is 10.6 Å². The number of carbonyl (C=O) groups is 1. The number of hydrogen-bond donors (Lipinski definition) is 2. The molecule has 5 heteroatoms. The summed E-state index contributed by atoms with van der Waals surface area (Å²) in [7, 11) is 0. The Hall–Kier alpha value is -2.69. The number of aromatic nitrogens is 1. The molecule has 0 aliphatic carbocycles. The summed E-state index contributed by atoms with van der Waals surface area (Å²) in [6.45, 7) is 4.71. The van der Waals surface area contributed by atoms with Crippen molar-refractivity contribution in [3.63, 3.8) is 0 Å². The molecular formula is C17H18FN3O. The Balaban J connectivity index is 1.86. The minimum Gasteiger partial charge on any atom is -0.380 e. The van der Waals surface area contributed by atoms with Gasteiger partial charge in [-0.15, -0.1) is 6.58 Å². The molecule has 4 nitrogen and oxygen atoms in total. The third-order valence-corrected chi connectivity index (χ3v) is 3.06. The first kappa shape index (κ1) is 15.7. The smallest absolute Gasteiger partial charge is 0.252 e. The van der Waals surface area contributed by atoms with Crippen molar-refractivity contribution in [2.75, 3.05) is 18.4 Å². The third-order valence-electron chi connectivity index (χ3n) is 3.06. The lowest BCUT2D eigenvalue weighted by Crippen LogP contribution is -2.25. The lowest BCUT2D eigenvalue weighted by molar-refractivity contribution is 0.0954. The fourth-order valence-corrected chi connectivity index (χ4v) is 1.92. The number of benzene rings is 1. The Morgan fingerprint density at radius 1 is 1.27 bits per heavy atom. The molecule has 1 aromatic carbocycles. The van der Waals surface area contributed by atoms with Crippen LogP contribution in [0.3, 0.4) is 0 Å². The molecule has 2 aromatic rings. The maximum Gasteiger partial charge on any atom is 0.252 e. The van der Waals surface area contributed by atoms with Crippen LogP contribution in [-0.2, 0) is 6.42 Å². The molecule has 0 aliphatic rings. The van der Waals surface area contributed by atoms with Gasteiger partial charge in [0.15, 0.2) is 0 Å². The second-order valence-corrected chi connectivity index (χ2v) is 4.76. The van der Waals surface area contributed by atoms with Gasteiger partial charge in [0, 0.05) is 25.5 Å². The summed E-state index contributed by atoms with van der Waals surface area (Å²) >= 11 is 0. The van der Waals surface area contributed by atoms with Gasteiger partial charge < -0.3 is 10.6 Å². The van der Waals surface area contributed by atoms with Gasteiger partial charge in [-0.3, -0.25) is 9.78 Å². The summed E-state index contributed by atoms with van der Waals surface area (Å²) in [6.07, 6.45) is 5.55. The summed E-state index contributed by atoms with van der Waals surface area (Å²) in [5.74, 6) is -0.445. The molecule has 0 bridgehead atoms. The molecule has 0 spiro atoms. The molecule has 114 valence electrons. The van der Waals surface area contributed by atoms with Crippen molar-refractivity contribution >= 4 is 11.6 Å². The van der Waals surface area contributed by atoms with E-state index in [1.807, 2.05) is 0 Å². The zero-order chi connectivity index (χ0) is 15.8. The monoisotopic (exact) mass is 299 g/mol. The van der Waals surface area contributed by atoms with Crippen molar-refractivity contribution in [3.8, 4) is 0 Å². The van der Waals surface area contributed by atoms with E-state index < -0.39 is 0 Å². The number of pyridine rings is 1. The van der Waals surface area contributed by atoms with Gasteiger partial charge in [-0.1, -0.05) is 18.2 Å². The standard InChI is InChI=1S/C17H18FN3O/c1-2-8-20-16-10-14(11-19-12-16)17(22)21-9-7-13-3-5-15(18)6-4-13/h2-6,10-12,20H,1,7-9H2,(H,21,22). The minimum absolute atomic E-state index is 0.183. The normalized spacial score (nSPS) is 10.0. The first-order chi connectivity index (χ1) is 10.7. The second kappa shape index (κ2) is 7.93. The van der Waals surface area contributed by atoms with Crippen molar-refractivity contribution in [1.82, 2.24) is 10.3 Å². The van der Waals surface area contributed by atoms with Gasteiger partial charge in [0.05, 0.1) is 11.3 Å². The lowest BCUT2D eigenvalue weighted by Gasteiger charge is -2.07. The molecule has 0 saturated heterocycles. The summed E-state index contributed by atoms with van der Waals surface area (Å²) in [5.41, 5.74) is 2.24. The molecule has 22 heavy (non-hydrogen) atoms. The van der Waals surface area contributed by atoms with Crippen molar-refractivity contribution < 1.29 is 9.18 Å². The molecule has 0 atom stereocenters. The number of nitrogens with one attached hydrogen (secondary N) is 2. The van der Waals surface area contributed by atoms with Crippen LogP contribution in [0.5, 0.6) is 0 Å². The maximum atomic E-state index is 12.8. The van der Waals surface area contributed by atoms with Gasteiger partial charge in [0.25, 0.3) is 5.91 Å². The molecule has 0 fully saturated rings. The Kier molecular flexibility index (Phi) is 5.65. The predicted octanol–water partition coefficient (Wildman–Crippen LogP) is 2.79. The van der Waals surface area contributed by atoms with E-state index in [0.29, 0.717) is 25.1 Å². The summed E-state index contributed by atoms with van der Waals surface area (Å²) in [5, 5.41) is 5.91. The van der Waals surface area contributed by atoms with Crippen LogP contribution in [0.4, 0.5) is 10.1 Å². The SMILES string of the molecule is C=CCNc1cncc(C(=O)NCCc2ccc(F)cc2)c1. The van der Waals surface area contributed by atoms with E-state index in [2.05, 4.69) is 22.2 Å². The Morgan fingerprint density at radius 3 is 2.77 bits per heavy atom. The zero-order valence-corrected chi connectivity index (χ0v) is 12.2. The highest BCUT2D eigenvalue weighted by Crippen LogP contribution is 2.08. The minimum atomic E-state index is -0.261. The van der Waals surface area contributed by atoms with Gasteiger partial charge in [-0.25, -0.2) is 4.39 Å². The van der Waals surface area contributed by atoms with Crippen LogP contribution in [0.15, 0.2) is 55.4 Å².